The summed E-state index contributed by atoms with van der Waals surface area (Å²) in [5.74, 6) is 1.63. The summed E-state index contributed by atoms with van der Waals surface area (Å²) < 4.78 is 16.7. The second-order valence-corrected chi connectivity index (χ2v) is 5.39. The predicted octanol–water partition coefficient (Wildman–Crippen LogP) is 4.46. The summed E-state index contributed by atoms with van der Waals surface area (Å²) in [6.07, 6.45) is 1.06. The number of hydrogen-bond acceptors (Lipinski definition) is 4. The average Bonchev–Trinajstić information content (AvgIpc) is 2.98. The molecular weight excluding hydrogens is 292 g/mol. The molecule has 0 amide bonds. The molecule has 0 saturated heterocycles. The predicted molar refractivity (Wildman–Crippen MR) is 88.8 cm³/mol. The highest BCUT2D eigenvalue weighted by molar-refractivity contribution is 5.82. The molecule has 4 heteroatoms. The molecule has 1 N–H and O–H groups in total. The molecular formula is C19H20O4. The van der Waals surface area contributed by atoms with Crippen LogP contribution < -0.4 is 9.47 Å². The van der Waals surface area contributed by atoms with Crippen LogP contribution in [0, 0.1) is 0 Å². The first-order chi connectivity index (χ1) is 11.2. The standard InChI is InChI=1S/C19H20O4/c1-3-21-15-5-7-16(8-6-15)22-11-14-4-9-17-18(13(2)20)12-23-19(17)10-14/h4-10,12-13,20H,3,11H2,1-2H3. The van der Waals surface area contributed by atoms with Crippen molar-refractivity contribution in [3.63, 3.8) is 0 Å². The van der Waals surface area contributed by atoms with Gasteiger partial charge in [0.2, 0.25) is 0 Å². The second-order valence-electron chi connectivity index (χ2n) is 5.39. The van der Waals surface area contributed by atoms with Crippen LogP contribution in [0.15, 0.2) is 53.1 Å². The zero-order chi connectivity index (χ0) is 16.2. The Balaban J connectivity index is 1.69. The molecule has 0 aliphatic heterocycles. The van der Waals surface area contributed by atoms with E-state index in [1.165, 1.54) is 0 Å². The first kappa shape index (κ1) is 15.4. The highest BCUT2D eigenvalue weighted by atomic mass is 16.5. The van der Waals surface area contributed by atoms with Crippen LogP contribution in [0.25, 0.3) is 11.0 Å². The highest BCUT2D eigenvalue weighted by Gasteiger charge is 2.11. The lowest BCUT2D eigenvalue weighted by atomic mass is 10.1. The molecule has 1 atom stereocenters. The normalized spacial score (nSPS) is 12.3. The number of benzene rings is 2. The molecule has 23 heavy (non-hydrogen) atoms. The molecule has 0 fully saturated rings. The number of furan rings is 1. The molecule has 1 unspecified atom stereocenters. The van der Waals surface area contributed by atoms with Gasteiger partial charge < -0.3 is 19.0 Å². The Kier molecular flexibility index (Phi) is 4.53. The molecule has 1 aromatic heterocycles. The quantitative estimate of drug-likeness (QED) is 0.730. The van der Waals surface area contributed by atoms with E-state index in [-0.39, 0.29) is 0 Å². The van der Waals surface area contributed by atoms with Crippen molar-refractivity contribution < 1.29 is 19.0 Å². The van der Waals surface area contributed by atoms with Gasteiger partial charge in [-0.1, -0.05) is 12.1 Å². The monoisotopic (exact) mass is 312 g/mol. The number of aliphatic hydroxyl groups is 1. The van der Waals surface area contributed by atoms with Crippen LogP contribution in [0.2, 0.25) is 0 Å². The molecule has 0 aliphatic rings. The van der Waals surface area contributed by atoms with Gasteiger partial charge in [0.15, 0.2) is 0 Å². The van der Waals surface area contributed by atoms with E-state index in [1.807, 2.05) is 49.4 Å². The van der Waals surface area contributed by atoms with Crippen molar-refractivity contribution in [3.8, 4) is 11.5 Å². The Hall–Kier alpha value is -2.46. The fourth-order valence-corrected chi connectivity index (χ4v) is 2.47. The summed E-state index contributed by atoms with van der Waals surface area (Å²) in [4.78, 5) is 0. The molecule has 4 nitrogen and oxygen atoms in total. The highest BCUT2D eigenvalue weighted by Crippen LogP contribution is 2.27. The van der Waals surface area contributed by atoms with Crippen molar-refractivity contribution in [1.29, 1.82) is 0 Å². The summed E-state index contributed by atoms with van der Waals surface area (Å²) in [5, 5.41) is 10.6. The third-order valence-electron chi connectivity index (χ3n) is 3.66. The van der Waals surface area contributed by atoms with Crippen molar-refractivity contribution in [2.75, 3.05) is 6.61 Å². The molecule has 1 heterocycles. The fraction of sp³-hybridized carbons (Fsp3) is 0.263. The van der Waals surface area contributed by atoms with E-state index in [0.29, 0.717) is 13.2 Å². The Morgan fingerprint density at radius 1 is 1.04 bits per heavy atom. The van der Waals surface area contributed by atoms with Crippen LogP contribution in [0.1, 0.15) is 31.1 Å². The van der Waals surface area contributed by atoms with E-state index in [4.69, 9.17) is 13.9 Å². The lowest BCUT2D eigenvalue weighted by Crippen LogP contribution is -1.96. The Morgan fingerprint density at radius 3 is 2.39 bits per heavy atom. The molecule has 0 aliphatic carbocycles. The first-order valence-electron chi connectivity index (χ1n) is 7.71. The zero-order valence-electron chi connectivity index (χ0n) is 13.3. The van der Waals surface area contributed by atoms with Gasteiger partial charge in [0.1, 0.15) is 23.7 Å². The van der Waals surface area contributed by atoms with Crippen LogP contribution in [0.4, 0.5) is 0 Å². The lowest BCUT2D eigenvalue weighted by molar-refractivity contribution is 0.199. The van der Waals surface area contributed by atoms with Crippen LogP contribution in [-0.2, 0) is 6.61 Å². The van der Waals surface area contributed by atoms with Crippen LogP contribution in [0.5, 0.6) is 11.5 Å². The molecule has 0 saturated carbocycles. The number of fused-ring (bicyclic) bond motifs is 1. The molecule has 0 bridgehead atoms. The van der Waals surface area contributed by atoms with E-state index in [2.05, 4.69) is 0 Å². The summed E-state index contributed by atoms with van der Waals surface area (Å²) >= 11 is 0. The van der Waals surface area contributed by atoms with Crippen molar-refractivity contribution in [2.24, 2.45) is 0 Å². The van der Waals surface area contributed by atoms with Gasteiger partial charge in [-0.3, -0.25) is 0 Å². The van der Waals surface area contributed by atoms with Gasteiger partial charge in [0, 0.05) is 10.9 Å². The number of hydrogen-bond donors (Lipinski definition) is 1. The van der Waals surface area contributed by atoms with Crippen molar-refractivity contribution in [2.45, 2.75) is 26.6 Å². The summed E-state index contributed by atoms with van der Waals surface area (Å²) in [5.41, 5.74) is 2.57. The maximum atomic E-state index is 9.70. The van der Waals surface area contributed by atoms with Crippen LogP contribution in [-0.4, -0.2) is 11.7 Å². The van der Waals surface area contributed by atoms with Crippen molar-refractivity contribution in [1.82, 2.24) is 0 Å². The average molecular weight is 312 g/mol. The van der Waals surface area contributed by atoms with Crippen LogP contribution in [0.3, 0.4) is 0 Å². The number of rotatable bonds is 6. The molecule has 3 aromatic rings. The summed E-state index contributed by atoms with van der Waals surface area (Å²) in [6.45, 7) is 4.79. The summed E-state index contributed by atoms with van der Waals surface area (Å²) in [7, 11) is 0. The Labute approximate surface area is 135 Å². The van der Waals surface area contributed by atoms with Crippen LogP contribution >= 0.6 is 0 Å². The van der Waals surface area contributed by atoms with Gasteiger partial charge >= 0.3 is 0 Å². The maximum Gasteiger partial charge on any atom is 0.134 e. The largest absolute Gasteiger partial charge is 0.494 e. The number of ether oxygens (including phenoxy) is 2. The fourth-order valence-electron chi connectivity index (χ4n) is 2.47. The Bertz CT molecular complexity index is 772. The maximum absolute atomic E-state index is 9.70. The van der Waals surface area contributed by atoms with Crippen molar-refractivity contribution >= 4 is 11.0 Å². The van der Waals surface area contributed by atoms with Gasteiger partial charge in [-0.2, -0.15) is 0 Å². The minimum atomic E-state index is -0.540. The van der Waals surface area contributed by atoms with Gasteiger partial charge in [0.25, 0.3) is 0 Å². The smallest absolute Gasteiger partial charge is 0.134 e. The molecule has 120 valence electrons. The first-order valence-corrected chi connectivity index (χ1v) is 7.71. The molecule has 0 radical (unpaired) electrons. The van der Waals surface area contributed by atoms with E-state index >= 15 is 0 Å². The van der Waals surface area contributed by atoms with E-state index < -0.39 is 6.10 Å². The van der Waals surface area contributed by atoms with E-state index in [0.717, 1.165) is 33.6 Å². The minimum absolute atomic E-state index is 0.453. The van der Waals surface area contributed by atoms with Gasteiger partial charge in [-0.15, -0.1) is 0 Å². The third-order valence-corrected chi connectivity index (χ3v) is 3.66. The van der Waals surface area contributed by atoms with E-state index in [1.54, 1.807) is 13.2 Å². The minimum Gasteiger partial charge on any atom is -0.494 e. The van der Waals surface area contributed by atoms with Crippen molar-refractivity contribution in [3.05, 3.63) is 59.9 Å². The lowest BCUT2D eigenvalue weighted by Gasteiger charge is -2.08. The summed E-state index contributed by atoms with van der Waals surface area (Å²) in [6, 6.07) is 13.4. The molecule has 3 rings (SSSR count). The van der Waals surface area contributed by atoms with Gasteiger partial charge in [-0.25, -0.2) is 0 Å². The molecule has 2 aromatic carbocycles. The second kappa shape index (κ2) is 6.75. The SMILES string of the molecule is CCOc1ccc(OCc2ccc3c(C(C)O)coc3c2)cc1. The zero-order valence-corrected chi connectivity index (χ0v) is 13.3. The number of aliphatic hydroxyl groups excluding tert-OH is 1. The van der Waals surface area contributed by atoms with Gasteiger partial charge in [-0.05, 0) is 49.7 Å². The molecule has 0 spiro atoms. The van der Waals surface area contributed by atoms with E-state index in [9.17, 15) is 5.11 Å². The van der Waals surface area contributed by atoms with Gasteiger partial charge in [0.05, 0.1) is 19.0 Å². The third kappa shape index (κ3) is 3.48. The Morgan fingerprint density at radius 2 is 1.74 bits per heavy atom. The topological polar surface area (TPSA) is 51.8 Å².